The number of hydrogen-bond acceptors (Lipinski definition) is 3. The van der Waals surface area contributed by atoms with Gasteiger partial charge in [0.1, 0.15) is 0 Å². The van der Waals surface area contributed by atoms with E-state index in [0.29, 0.717) is 6.54 Å². The number of rotatable bonds is 2. The number of nitrogens with one attached hydrogen (secondary N) is 1. The van der Waals surface area contributed by atoms with Crippen molar-refractivity contribution < 1.29 is 4.39 Å². The van der Waals surface area contributed by atoms with Crippen molar-refractivity contribution in [2.75, 3.05) is 6.54 Å². The second-order valence-corrected chi connectivity index (χ2v) is 4.70. The van der Waals surface area contributed by atoms with Gasteiger partial charge in [0.15, 0.2) is 0 Å². The molecule has 0 amide bonds. The molecule has 0 aliphatic carbocycles. The van der Waals surface area contributed by atoms with Crippen LogP contribution in [-0.4, -0.2) is 16.1 Å². The van der Waals surface area contributed by atoms with Gasteiger partial charge in [0.05, 0.1) is 19.1 Å². The van der Waals surface area contributed by atoms with Gasteiger partial charge in [-0.25, -0.2) is 4.98 Å². The van der Waals surface area contributed by atoms with E-state index >= 15 is 0 Å². The second kappa shape index (κ2) is 4.93. The summed E-state index contributed by atoms with van der Waals surface area (Å²) in [5.74, 6) is -0.817. The van der Waals surface area contributed by atoms with Crippen LogP contribution in [0.5, 0.6) is 0 Å². The Bertz CT molecular complexity index is 666. The molecular weight excluding hydrogens is 245 g/mol. The number of hydrogen-bond donors (Lipinski definition) is 1. The van der Waals surface area contributed by atoms with E-state index < -0.39 is 11.4 Å². The number of fused-ring (bicyclic) bond motifs is 1. The van der Waals surface area contributed by atoms with Crippen LogP contribution >= 0.6 is 0 Å². The van der Waals surface area contributed by atoms with Gasteiger partial charge in [0, 0.05) is 6.54 Å². The van der Waals surface area contributed by atoms with Crippen molar-refractivity contribution in [1.29, 1.82) is 0 Å². The highest BCUT2D eigenvalue weighted by atomic mass is 19.1. The van der Waals surface area contributed by atoms with Crippen LogP contribution in [0.3, 0.4) is 0 Å². The summed E-state index contributed by atoms with van der Waals surface area (Å²) in [4.78, 5) is 15.3. The zero-order chi connectivity index (χ0) is 13.2. The van der Waals surface area contributed by atoms with Gasteiger partial charge in [-0.15, -0.1) is 0 Å². The molecular formula is C14H14FN3O. The lowest BCUT2D eigenvalue weighted by Crippen LogP contribution is -2.25. The van der Waals surface area contributed by atoms with Crippen molar-refractivity contribution in [3.63, 3.8) is 0 Å². The molecule has 0 atom stereocenters. The number of benzene rings is 1. The van der Waals surface area contributed by atoms with Crippen molar-refractivity contribution in [3.05, 3.63) is 63.6 Å². The quantitative estimate of drug-likeness (QED) is 0.877. The minimum absolute atomic E-state index is 0.344. The van der Waals surface area contributed by atoms with Gasteiger partial charge in [0.25, 0.3) is 5.56 Å². The molecule has 0 fully saturated rings. The molecule has 2 heterocycles. The van der Waals surface area contributed by atoms with Crippen LogP contribution in [0, 0.1) is 5.82 Å². The van der Waals surface area contributed by atoms with E-state index in [-0.39, 0.29) is 0 Å². The Morgan fingerprint density at radius 2 is 2.26 bits per heavy atom. The Balaban J connectivity index is 1.91. The zero-order valence-corrected chi connectivity index (χ0v) is 10.4. The largest absolute Gasteiger partial charge is 0.312 e. The lowest BCUT2D eigenvalue weighted by Gasteiger charge is -2.18. The Morgan fingerprint density at radius 1 is 1.37 bits per heavy atom. The summed E-state index contributed by atoms with van der Waals surface area (Å²) in [6, 6.07) is 6.14. The number of aromatic nitrogens is 2. The van der Waals surface area contributed by atoms with Crippen LogP contribution < -0.4 is 10.9 Å². The maximum absolute atomic E-state index is 13.1. The van der Waals surface area contributed by atoms with E-state index in [4.69, 9.17) is 0 Å². The minimum Gasteiger partial charge on any atom is -0.312 e. The fraction of sp³-hybridized carbons (Fsp3) is 0.286. The standard InChI is InChI=1S/C14H14FN3O/c15-13-7-17-9-18(14(13)19)8-10-1-2-11-3-4-16-6-12(11)5-10/h1-2,5,7,9,16H,3-4,6,8H2. The van der Waals surface area contributed by atoms with Gasteiger partial charge in [0.2, 0.25) is 5.82 Å². The Morgan fingerprint density at radius 3 is 3.16 bits per heavy atom. The monoisotopic (exact) mass is 259 g/mol. The second-order valence-electron chi connectivity index (χ2n) is 4.70. The Kier molecular flexibility index (Phi) is 3.13. The van der Waals surface area contributed by atoms with E-state index in [1.807, 2.05) is 6.07 Å². The topological polar surface area (TPSA) is 46.9 Å². The highest BCUT2D eigenvalue weighted by Crippen LogP contribution is 2.16. The molecule has 19 heavy (non-hydrogen) atoms. The van der Waals surface area contributed by atoms with Crippen LogP contribution in [0.4, 0.5) is 4.39 Å². The highest BCUT2D eigenvalue weighted by molar-refractivity contribution is 5.33. The van der Waals surface area contributed by atoms with Gasteiger partial charge < -0.3 is 5.32 Å². The summed E-state index contributed by atoms with van der Waals surface area (Å²) >= 11 is 0. The molecule has 1 aromatic carbocycles. The van der Waals surface area contributed by atoms with Crippen LogP contribution in [0.15, 0.2) is 35.5 Å². The Labute approximate surface area is 109 Å². The summed E-state index contributed by atoms with van der Waals surface area (Å²) in [6.45, 7) is 2.19. The summed E-state index contributed by atoms with van der Waals surface area (Å²) in [7, 11) is 0. The fourth-order valence-corrected chi connectivity index (χ4v) is 2.37. The van der Waals surface area contributed by atoms with E-state index in [0.717, 1.165) is 31.3 Å². The molecule has 0 radical (unpaired) electrons. The summed E-state index contributed by atoms with van der Waals surface area (Å²) in [5.41, 5.74) is 2.94. The van der Waals surface area contributed by atoms with Crippen molar-refractivity contribution in [3.8, 4) is 0 Å². The van der Waals surface area contributed by atoms with E-state index in [1.54, 1.807) is 0 Å². The van der Waals surface area contributed by atoms with Crippen LogP contribution in [0.2, 0.25) is 0 Å². The lowest BCUT2D eigenvalue weighted by atomic mass is 9.98. The fourth-order valence-electron chi connectivity index (χ4n) is 2.37. The zero-order valence-electron chi connectivity index (χ0n) is 10.4. The molecule has 3 rings (SSSR count). The molecule has 5 heteroatoms. The molecule has 1 aliphatic rings. The molecule has 1 aromatic heterocycles. The van der Waals surface area contributed by atoms with Crippen LogP contribution in [-0.2, 0) is 19.5 Å². The SMILES string of the molecule is O=c1c(F)cncn1Cc1ccc2c(c1)CNCC2. The maximum Gasteiger partial charge on any atom is 0.289 e. The van der Waals surface area contributed by atoms with Gasteiger partial charge in [-0.2, -0.15) is 4.39 Å². The van der Waals surface area contributed by atoms with Gasteiger partial charge in [-0.05, 0) is 29.7 Å². The molecule has 4 nitrogen and oxygen atoms in total. The summed E-state index contributed by atoms with van der Waals surface area (Å²) in [5, 5.41) is 3.31. The van der Waals surface area contributed by atoms with Gasteiger partial charge in [-0.3, -0.25) is 9.36 Å². The average molecular weight is 259 g/mol. The normalized spacial score (nSPS) is 14.2. The minimum atomic E-state index is -0.817. The van der Waals surface area contributed by atoms with Crippen molar-refractivity contribution in [2.24, 2.45) is 0 Å². The highest BCUT2D eigenvalue weighted by Gasteiger charge is 2.10. The maximum atomic E-state index is 13.1. The first kappa shape index (κ1) is 12.0. The lowest BCUT2D eigenvalue weighted by molar-refractivity contribution is 0.567. The van der Waals surface area contributed by atoms with E-state index in [1.165, 1.54) is 22.0 Å². The molecule has 98 valence electrons. The third-order valence-electron chi connectivity index (χ3n) is 3.37. The molecule has 0 saturated carbocycles. The molecule has 0 saturated heterocycles. The smallest absolute Gasteiger partial charge is 0.289 e. The molecule has 2 aromatic rings. The van der Waals surface area contributed by atoms with Crippen molar-refractivity contribution >= 4 is 0 Å². The summed E-state index contributed by atoms with van der Waals surface area (Å²) < 4.78 is 14.4. The molecule has 0 unspecified atom stereocenters. The third-order valence-corrected chi connectivity index (χ3v) is 3.37. The molecule has 0 spiro atoms. The van der Waals surface area contributed by atoms with Crippen molar-refractivity contribution in [2.45, 2.75) is 19.5 Å². The van der Waals surface area contributed by atoms with Gasteiger partial charge >= 0.3 is 0 Å². The van der Waals surface area contributed by atoms with Crippen molar-refractivity contribution in [1.82, 2.24) is 14.9 Å². The van der Waals surface area contributed by atoms with Crippen LogP contribution in [0.1, 0.15) is 16.7 Å². The first-order chi connectivity index (χ1) is 9.24. The van der Waals surface area contributed by atoms with Gasteiger partial charge in [-0.1, -0.05) is 18.2 Å². The van der Waals surface area contributed by atoms with E-state index in [2.05, 4.69) is 22.4 Å². The van der Waals surface area contributed by atoms with Crippen LogP contribution in [0.25, 0.3) is 0 Å². The average Bonchev–Trinajstić information content (AvgIpc) is 2.44. The van der Waals surface area contributed by atoms with E-state index in [9.17, 15) is 9.18 Å². The molecule has 1 N–H and O–H groups in total. The number of halogens is 1. The summed E-state index contributed by atoms with van der Waals surface area (Å²) in [6.07, 6.45) is 3.33. The Hall–Kier alpha value is -2.01. The predicted octanol–water partition coefficient (Wildman–Crippen LogP) is 1.08. The first-order valence-corrected chi connectivity index (χ1v) is 6.25. The number of nitrogens with zero attached hydrogens (tertiary/aromatic N) is 2. The molecule has 0 bridgehead atoms. The predicted molar refractivity (Wildman–Crippen MR) is 69.4 cm³/mol. The first-order valence-electron chi connectivity index (χ1n) is 6.25. The molecule has 1 aliphatic heterocycles. The third kappa shape index (κ3) is 2.42.